The quantitative estimate of drug-likeness (QED) is 0.716. The van der Waals surface area contributed by atoms with Crippen LogP contribution in [0.25, 0.3) is 0 Å². The van der Waals surface area contributed by atoms with E-state index in [9.17, 15) is 0 Å². The fourth-order valence-electron chi connectivity index (χ4n) is 1.30. The van der Waals surface area contributed by atoms with Crippen molar-refractivity contribution >= 4 is 0 Å². The van der Waals surface area contributed by atoms with Crippen LogP contribution in [0.15, 0.2) is 45.6 Å². The average Bonchev–Trinajstić information content (AvgIpc) is 2.74. The molecule has 2 aromatic heterocycles. The molecule has 2 nitrogen and oxygen atoms in total. The first kappa shape index (κ1) is 8.17. The molecule has 0 aliphatic heterocycles. The summed E-state index contributed by atoms with van der Waals surface area (Å²) in [7, 11) is 0. The van der Waals surface area contributed by atoms with Crippen LogP contribution >= 0.6 is 0 Å². The van der Waals surface area contributed by atoms with Crippen molar-refractivity contribution in [3.8, 4) is 0 Å². The van der Waals surface area contributed by atoms with Crippen LogP contribution in [0.5, 0.6) is 0 Å². The van der Waals surface area contributed by atoms with E-state index in [0.29, 0.717) is 0 Å². The van der Waals surface area contributed by atoms with Crippen LogP contribution in [0.4, 0.5) is 0 Å². The Morgan fingerprint density at radius 1 is 1.15 bits per heavy atom. The molecule has 2 heterocycles. The zero-order valence-electron chi connectivity index (χ0n) is 7.27. The number of hydrogen-bond donors (Lipinski definition) is 0. The SMILES string of the molecule is [CH2]C(Cc1ccco1)c1ccco1. The maximum Gasteiger partial charge on any atom is 0.107 e. The highest BCUT2D eigenvalue weighted by Crippen LogP contribution is 2.20. The Hall–Kier alpha value is -1.44. The van der Waals surface area contributed by atoms with E-state index in [1.54, 1.807) is 12.5 Å². The van der Waals surface area contributed by atoms with E-state index < -0.39 is 0 Å². The van der Waals surface area contributed by atoms with Gasteiger partial charge in [-0.05, 0) is 31.2 Å². The maximum atomic E-state index is 5.24. The molecular formula is C11H11O2. The average molecular weight is 175 g/mol. The third-order valence-corrected chi connectivity index (χ3v) is 1.97. The Balaban J connectivity index is 2.04. The Bertz CT molecular complexity index is 332. The van der Waals surface area contributed by atoms with Gasteiger partial charge in [0.25, 0.3) is 0 Å². The van der Waals surface area contributed by atoms with E-state index in [-0.39, 0.29) is 5.92 Å². The van der Waals surface area contributed by atoms with Gasteiger partial charge in [0.05, 0.1) is 12.5 Å². The van der Waals surface area contributed by atoms with Gasteiger partial charge in [0.15, 0.2) is 0 Å². The summed E-state index contributed by atoms with van der Waals surface area (Å²) >= 11 is 0. The summed E-state index contributed by atoms with van der Waals surface area (Å²) in [6.45, 7) is 4.00. The van der Waals surface area contributed by atoms with Gasteiger partial charge in [0, 0.05) is 12.3 Å². The van der Waals surface area contributed by atoms with Crippen LogP contribution in [-0.2, 0) is 6.42 Å². The summed E-state index contributed by atoms with van der Waals surface area (Å²) in [5, 5.41) is 0. The number of rotatable bonds is 3. The monoisotopic (exact) mass is 175 g/mol. The summed E-state index contributed by atoms with van der Waals surface area (Å²) in [6.07, 6.45) is 4.11. The molecule has 2 rings (SSSR count). The van der Waals surface area contributed by atoms with Crippen molar-refractivity contribution in [2.75, 3.05) is 0 Å². The fraction of sp³-hybridized carbons (Fsp3) is 0.182. The van der Waals surface area contributed by atoms with Gasteiger partial charge in [-0.3, -0.25) is 0 Å². The van der Waals surface area contributed by atoms with Crippen LogP contribution < -0.4 is 0 Å². The third-order valence-electron chi connectivity index (χ3n) is 1.97. The lowest BCUT2D eigenvalue weighted by atomic mass is 10.0. The highest BCUT2D eigenvalue weighted by molar-refractivity contribution is 5.11. The third kappa shape index (κ3) is 1.83. The van der Waals surface area contributed by atoms with Crippen molar-refractivity contribution in [3.63, 3.8) is 0 Å². The number of hydrogen-bond acceptors (Lipinski definition) is 2. The van der Waals surface area contributed by atoms with Gasteiger partial charge in [0.2, 0.25) is 0 Å². The Labute approximate surface area is 77.2 Å². The summed E-state index contributed by atoms with van der Waals surface area (Å²) in [4.78, 5) is 0. The first-order valence-corrected chi connectivity index (χ1v) is 4.25. The first-order chi connectivity index (χ1) is 6.36. The zero-order valence-corrected chi connectivity index (χ0v) is 7.27. The highest BCUT2D eigenvalue weighted by atomic mass is 16.3. The summed E-state index contributed by atoms with van der Waals surface area (Å²) in [6, 6.07) is 7.63. The molecule has 0 amide bonds. The Morgan fingerprint density at radius 2 is 1.92 bits per heavy atom. The van der Waals surface area contributed by atoms with Gasteiger partial charge in [-0.25, -0.2) is 0 Å². The Kier molecular flexibility index (Phi) is 2.21. The molecule has 0 aromatic carbocycles. The van der Waals surface area contributed by atoms with Crippen molar-refractivity contribution in [2.24, 2.45) is 0 Å². The molecule has 67 valence electrons. The molecular weight excluding hydrogens is 164 g/mol. The van der Waals surface area contributed by atoms with Crippen molar-refractivity contribution < 1.29 is 8.83 Å². The minimum Gasteiger partial charge on any atom is -0.469 e. The maximum absolute atomic E-state index is 5.24. The van der Waals surface area contributed by atoms with Crippen molar-refractivity contribution in [3.05, 3.63) is 55.2 Å². The minimum atomic E-state index is 0.126. The molecule has 1 atom stereocenters. The first-order valence-electron chi connectivity index (χ1n) is 4.25. The smallest absolute Gasteiger partial charge is 0.107 e. The Morgan fingerprint density at radius 3 is 2.54 bits per heavy atom. The molecule has 13 heavy (non-hydrogen) atoms. The molecule has 0 fully saturated rings. The van der Waals surface area contributed by atoms with Crippen LogP contribution in [-0.4, -0.2) is 0 Å². The van der Waals surface area contributed by atoms with E-state index in [1.165, 1.54) is 0 Å². The molecule has 1 radical (unpaired) electrons. The predicted molar refractivity (Wildman–Crippen MR) is 49.2 cm³/mol. The molecule has 1 unspecified atom stereocenters. The summed E-state index contributed by atoms with van der Waals surface area (Å²) in [5.41, 5.74) is 0. The van der Waals surface area contributed by atoms with Crippen molar-refractivity contribution in [2.45, 2.75) is 12.3 Å². The van der Waals surface area contributed by atoms with Crippen LogP contribution in [0, 0.1) is 6.92 Å². The molecule has 0 spiro atoms. The molecule has 0 bridgehead atoms. The second kappa shape index (κ2) is 3.52. The molecule has 0 aliphatic carbocycles. The van der Waals surface area contributed by atoms with Gasteiger partial charge in [0.1, 0.15) is 11.5 Å². The summed E-state index contributed by atoms with van der Waals surface area (Å²) in [5.74, 6) is 1.97. The van der Waals surface area contributed by atoms with Crippen molar-refractivity contribution in [1.82, 2.24) is 0 Å². The van der Waals surface area contributed by atoms with Gasteiger partial charge < -0.3 is 8.83 Å². The van der Waals surface area contributed by atoms with E-state index in [4.69, 9.17) is 8.83 Å². The lowest BCUT2D eigenvalue weighted by molar-refractivity contribution is 0.454. The van der Waals surface area contributed by atoms with E-state index in [2.05, 4.69) is 6.92 Å². The van der Waals surface area contributed by atoms with E-state index in [1.807, 2.05) is 24.3 Å². The molecule has 2 aromatic rings. The predicted octanol–water partition coefficient (Wildman–Crippen LogP) is 3.03. The van der Waals surface area contributed by atoms with Gasteiger partial charge in [-0.15, -0.1) is 0 Å². The lowest BCUT2D eigenvalue weighted by Gasteiger charge is -2.04. The van der Waals surface area contributed by atoms with E-state index >= 15 is 0 Å². The molecule has 2 heteroatoms. The van der Waals surface area contributed by atoms with Gasteiger partial charge >= 0.3 is 0 Å². The fourth-order valence-corrected chi connectivity index (χ4v) is 1.30. The standard InChI is InChI=1S/C11H11O2/c1-9(11-5-3-7-13-11)8-10-4-2-6-12-10/h2-7,9H,1,8H2. The second-order valence-electron chi connectivity index (χ2n) is 3.00. The highest BCUT2D eigenvalue weighted by Gasteiger charge is 2.10. The molecule has 0 saturated carbocycles. The zero-order chi connectivity index (χ0) is 9.10. The van der Waals surface area contributed by atoms with Gasteiger partial charge in [-0.1, -0.05) is 0 Å². The minimum absolute atomic E-state index is 0.126. The van der Waals surface area contributed by atoms with Crippen LogP contribution in [0.2, 0.25) is 0 Å². The van der Waals surface area contributed by atoms with Crippen LogP contribution in [0.1, 0.15) is 17.4 Å². The topological polar surface area (TPSA) is 26.3 Å². The van der Waals surface area contributed by atoms with Crippen molar-refractivity contribution in [1.29, 1.82) is 0 Å². The van der Waals surface area contributed by atoms with Gasteiger partial charge in [-0.2, -0.15) is 0 Å². The lowest BCUT2D eigenvalue weighted by Crippen LogP contribution is -1.95. The normalized spacial score (nSPS) is 13.0. The summed E-state index contributed by atoms with van der Waals surface area (Å²) < 4.78 is 10.5. The van der Waals surface area contributed by atoms with Crippen LogP contribution in [0.3, 0.4) is 0 Å². The molecule has 0 saturated heterocycles. The largest absolute Gasteiger partial charge is 0.469 e. The molecule has 0 N–H and O–H groups in total. The number of furan rings is 2. The second-order valence-corrected chi connectivity index (χ2v) is 3.00. The molecule has 0 aliphatic rings. The van der Waals surface area contributed by atoms with E-state index in [0.717, 1.165) is 17.9 Å².